The minimum absolute atomic E-state index is 0.0323. The highest BCUT2D eigenvalue weighted by Gasteiger charge is 2.18. The Morgan fingerprint density at radius 3 is 2.35 bits per heavy atom. The molecule has 0 aromatic heterocycles. The predicted molar refractivity (Wildman–Crippen MR) is 76.2 cm³/mol. The molecular formula is C14H18ClNO4. The van der Waals surface area contributed by atoms with Gasteiger partial charge in [-0.1, -0.05) is 30.7 Å². The Morgan fingerprint density at radius 1 is 1.25 bits per heavy atom. The van der Waals surface area contributed by atoms with E-state index >= 15 is 0 Å². The second-order valence-corrected chi connectivity index (χ2v) is 5.22. The van der Waals surface area contributed by atoms with E-state index in [1.165, 1.54) is 0 Å². The molecule has 1 aromatic carbocycles. The lowest BCUT2D eigenvalue weighted by Gasteiger charge is -2.17. The van der Waals surface area contributed by atoms with Crippen LogP contribution in [0.1, 0.15) is 42.7 Å². The first kappa shape index (κ1) is 16.5. The van der Waals surface area contributed by atoms with Crippen LogP contribution in [0.4, 0.5) is 0 Å². The Balaban J connectivity index is 3.06. The Bertz CT molecular complexity index is 504. The number of carboxylic acids is 2. The molecule has 20 heavy (non-hydrogen) atoms. The fourth-order valence-electron chi connectivity index (χ4n) is 2.11. The molecule has 110 valence electrons. The largest absolute Gasteiger partial charge is 0.481 e. The third-order valence-electron chi connectivity index (χ3n) is 3.21. The lowest BCUT2D eigenvalue weighted by molar-refractivity contribution is -0.138. The van der Waals surface area contributed by atoms with Gasteiger partial charge >= 0.3 is 11.9 Å². The van der Waals surface area contributed by atoms with Gasteiger partial charge in [0.25, 0.3) is 0 Å². The normalized spacial score (nSPS) is 13.8. The molecule has 0 radical (unpaired) electrons. The lowest BCUT2D eigenvalue weighted by Crippen LogP contribution is -2.16. The van der Waals surface area contributed by atoms with Gasteiger partial charge in [-0.25, -0.2) is 0 Å². The molecular weight excluding hydrogens is 282 g/mol. The van der Waals surface area contributed by atoms with Crippen LogP contribution in [0.25, 0.3) is 0 Å². The third-order valence-corrected chi connectivity index (χ3v) is 3.55. The van der Waals surface area contributed by atoms with Crippen molar-refractivity contribution < 1.29 is 19.8 Å². The molecule has 4 N–H and O–H groups in total. The molecule has 0 fully saturated rings. The van der Waals surface area contributed by atoms with Crippen LogP contribution in [-0.4, -0.2) is 28.7 Å². The van der Waals surface area contributed by atoms with Crippen molar-refractivity contribution in [2.45, 2.75) is 31.6 Å². The highest BCUT2D eigenvalue weighted by molar-refractivity contribution is 6.31. The maximum Gasteiger partial charge on any atom is 0.304 e. The molecule has 2 unspecified atom stereocenters. The monoisotopic (exact) mass is 299 g/mol. The van der Waals surface area contributed by atoms with Gasteiger partial charge < -0.3 is 15.9 Å². The maximum absolute atomic E-state index is 10.8. The number of halogens is 1. The quantitative estimate of drug-likeness (QED) is 0.718. The second kappa shape index (κ2) is 7.26. The van der Waals surface area contributed by atoms with Crippen LogP contribution in [0.5, 0.6) is 0 Å². The summed E-state index contributed by atoms with van der Waals surface area (Å²) in [6.07, 6.45) is -0.0969. The zero-order valence-corrected chi connectivity index (χ0v) is 11.9. The Morgan fingerprint density at radius 2 is 1.85 bits per heavy atom. The minimum Gasteiger partial charge on any atom is -0.481 e. The molecule has 0 spiro atoms. The Labute approximate surface area is 122 Å². The molecule has 6 heteroatoms. The summed E-state index contributed by atoms with van der Waals surface area (Å²) in [6.45, 7) is 1.98. The zero-order valence-electron chi connectivity index (χ0n) is 11.2. The fraction of sp³-hybridized carbons (Fsp3) is 0.429. The zero-order chi connectivity index (χ0) is 15.3. The van der Waals surface area contributed by atoms with Gasteiger partial charge in [0.1, 0.15) is 0 Å². The Kier molecular flexibility index (Phi) is 5.98. The van der Waals surface area contributed by atoms with E-state index in [4.69, 9.17) is 27.5 Å². The predicted octanol–water partition coefficient (Wildman–Crippen LogP) is 2.44. The molecule has 1 rings (SSSR count). The van der Waals surface area contributed by atoms with E-state index in [0.29, 0.717) is 10.6 Å². The summed E-state index contributed by atoms with van der Waals surface area (Å²) in [7, 11) is 0. The SMILES string of the molecule is CC(CC(=O)O)c1cc(C(CN)CC(=O)O)ccc1Cl. The van der Waals surface area contributed by atoms with Crippen molar-refractivity contribution in [3.8, 4) is 0 Å². The van der Waals surface area contributed by atoms with Gasteiger partial charge in [-0.05, 0) is 29.7 Å². The van der Waals surface area contributed by atoms with E-state index < -0.39 is 11.9 Å². The minimum atomic E-state index is -0.921. The van der Waals surface area contributed by atoms with E-state index in [2.05, 4.69) is 0 Å². The summed E-state index contributed by atoms with van der Waals surface area (Å²) >= 11 is 6.09. The van der Waals surface area contributed by atoms with E-state index in [9.17, 15) is 9.59 Å². The highest BCUT2D eigenvalue weighted by atomic mass is 35.5. The van der Waals surface area contributed by atoms with Gasteiger partial charge in [-0.15, -0.1) is 0 Å². The number of aliphatic carboxylic acids is 2. The molecule has 0 saturated heterocycles. The van der Waals surface area contributed by atoms with Crippen molar-refractivity contribution in [1.29, 1.82) is 0 Å². The number of nitrogens with two attached hydrogens (primary N) is 1. The van der Waals surface area contributed by atoms with Crippen LogP contribution in [-0.2, 0) is 9.59 Å². The molecule has 0 saturated carbocycles. The van der Waals surface area contributed by atoms with Crippen molar-refractivity contribution in [2.24, 2.45) is 5.73 Å². The van der Waals surface area contributed by atoms with Gasteiger partial charge in [0.15, 0.2) is 0 Å². The summed E-state index contributed by atoms with van der Waals surface area (Å²) in [5.74, 6) is -2.38. The van der Waals surface area contributed by atoms with Gasteiger partial charge in [0, 0.05) is 10.9 Å². The summed E-state index contributed by atoms with van der Waals surface area (Å²) in [5, 5.41) is 18.2. The maximum atomic E-state index is 10.8. The van der Waals surface area contributed by atoms with Crippen LogP contribution in [0.3, 0.4) is 0 Å². The second-order valence-electron chi connectivity index (χ2n) is 4.81. The first-order valence-electron chi connectivity index (χ1n) is 6.28. The van der Waals surface area contributed by atoms with Crippen LogP contribution in [0, 0.1) is 0 Å². The number of benzene rings is 1. The van der Waals surface area contributed by atoms with Crippen molar-refractivity contribution in [1.82, 2.24) is 0 Å². The van der Waals surface area contributed by atoms with Gasteiger partial charge in [0.05, 0.1) is 12.8 Å². The number of carbonyl (C=O) groups is 2. The fourth-order valence-corrected chi connectivity index (χ4v) is 2.42. The van der Waals surface area contributed by atoms with Crippen LogP contribution in [0.15, 0.2) is 18.2 Å². The van der Waals surface area contributed by atoms with E-state index in [-0.39, 0.29) is 31.2 Å². The third kappa shape index (κ3) is 4.51. The van der Waals surface area contributed by atoms with E-state index in [1.807, 2.05) is 0 Å². The molecule has 1 aromatic rings. The molecule has 0 heterocycles. The lowest BCUT2D eigenvalue weighted by atomic mass is 9.90. The molecule has 2 atom stereocenters. The summed E-state index contributed by atoms with van der Waals surface area (Å²) in [4.78, 5) is 21.6. The molecule has 0 bridgehead atoms. The van der Waals surface area contributed by atoms with Crippen molar-refractivity contribution in [2.75, 3.05) is 6.54 Å². The first-order valence-corrected chi connectivity index (χ1v) is 6.66. The van der Waals surface area contributed by atoms with E-state index in [1.54, 1.807) is 25.1 Å². The first-order chi connectivity index (χ1) is 9.35. The standard InChI is InChI=1S/C14H18ClNO4/c1-8(4-13(17)18)11-5-9(2-3-12(11)15)10(7-16)6-14(19)20/h2-3,5,8,10H,4,6-7,16H2,1H3,(H,17,18)(H,19,20). The highest BCUT2D eigenvalue weighted by Crippen LogP contribution is 2.31. The number of carboxylic acid groups (broad SMARTS) is 2. The van der Waals surface area contributed by atoms with Crippen LogP contribution >= 0.6 is 11.6 Å². The van der Waals surface area contributed by atoms with Crippen LogP contribution in [0.2, 0.25) is 5.02 Å². The van der Waals surface area contributed by atoms with Crippen LogP contribution < -0.4 is 5.73 Å². The average molecular weight is 300 g/mol. The molecule has 0 aliphatic heterocycles. The topological polar surface area (TPSA) is 101 Å². The smallest absolute Gasteiger partial charge is 0.304 e. The van der Waals surface area contributed by atoms with Gasteiger partial charge in [-0.3, -0.25) is 9.59 Å². The van der Waals surface area contributed by atoms with E-state index in [0.717, 1.165) is 5.56 Å². The Hall–Kier alpha value is -1.59. The van der Waals surface area contributed by atoms with Gasteiger partial charge in [-0.2, -0.15) is 0 Å². The number of hydrogen-bond acceptors (Lipinski definition) is 3. The number of hydrogen-bond donors (Lipinski definition) is 3. The molecule has 0 aliphatic rings. The molecule has 5 nitrogen and oxygen atoms in total. The molecule has 0 amide bonds. The average Bonchev–Trinajstić information content (AvgIpc) is 2.35. The van der Waals surface area contributed by atoms with Gasteiger partial charge in [0.2, 0.25) is 0 Å². The molecule has 0 aliphatic carbocycles. The number of rotatable bonds is 7. The van der Waals surface area contributed by atoms with Crippen molar-refractivity contribution in [3.63, 3.8) is 0 Å². The summed E-state index contributed by atoms with van der Waals surface area (Å²) < 4.78 is 0. The van der Waals surface area contributed by atoms with Crippen molar-refractivity contribution in [3.05, 3.63) is 34.3 Å². The van der Waals surface area contributed by atoms with Crippen molar-refractivity contribution >= 4 is 23.5 Å². The summed E-state index contributed by atoms with van der Waals surface area (Å²) in [5.41, 5.74) is 7.08. The summed E-state index contributed by atoms with van der Waals surface area (Å²) in [6, 6.07) is 5.16.